The van der Waals surface area contributed by atoms with Crippen molar-refractivity contribution in [1.82, 2.24) is 0 Å². The Morgan fingerprint density at radius 2 is 1.60 bits per heavy atom. The molecular formula is C17H21N2O+. The summed E-state index contributed by atoms with van der Waals surface area (Å²) in [5.41, 5.74) is 4.40. The number of aliphatic hydroxyl groups is 1. The van der Waals surface area contributed by atoms with Gasteiger partial charge in [0.05, 0.1) is 0 Å². The van der Waals surface area contributed by atoms with Crippen LogP contribution in [0.1, 0.15) is 11.1 Å². The topological polar surface area (TPSA) is 27.4 Å². The minimum absolute atomic E-state index is 0.150. The van der Waals surface area contributed by atoms with Gasteiger partial charge in [0.15, 0.2) is 18.9 Å². The van der Waals surface area contributed by atoms with Gasteiger partial charge in [0.2, 0.25) is 0 Å². The minimum Gasteiger partial charge on any atom is -0.390 e. The van der Waals surface area contributed by atoms with Crippen molar-refractivity contribution >= 4 is 11.3 Å². The number of anilines is 1. The molecule has 0 saturated heterocycles. The lowest BCUT2D eigenvalue weighted by molar-refractivity contribution is -0.698. The molecule has 0 radical (unpaired) electrons. The number of hydrogen-bond donors (Lipinski definition) is 1. The molecular weight excluding hydrogens is 248 g/mol. The van der Waals surface area contributed by atoms with Gasteiger partial charge in [-0.25, -0.2) is 4.57 Å². The van der Waals surface area contributed by atoms with Gasteiger partial charge in [-0.3, -0.25) is 0 Å². The van der Waals surface area contributed by atoms with Crippen LogP contribution in [0.25, 0.3) is 5.57 Å². The van der Waals surface area contributed by atoms with Gasteiger partial charge in [-0.15, -0.1) is 0 Å². The van der Waals surface area contributed by atoms with Crippen molar-refractivity contribution in [2.45, 2.75) is 6.54 Å². The van der Waals surface area contributed by atoms with Crippen molar-refractivity contribution in [3.8, 4) is 0 Å². The molecule has 0 unspecified atom stereocenters. The fourth-order valence-electron chi connectivity index (χ4n) is 2.05. The lowest BCUT2D eigenvalue weighted by Crippen LogP contribution is -2.34. The fourth-order valence-corrected chi connectivity index (χ4v) is 2.05. The molecule has 1 aromatic heterocycles. The predicted molar refractivity (Wildman–Crippen MR) is 82.6 cm³/mol. The highest BCUT2D eigenvalue weighted by atomic mass is 16.3. The van der Waals surface area contributed by atoms with Crippen LogP contribution >= 0.6 is 0 Å². The first-order valence-corrected chi connectivity index (χ1v) is 6.69. The van der Waals surface area contributed by atoms with Crippen LogP contribution in [0.5, 0.6) is 0 Å². The molecule has 0 aliphatic rings. The van der Waals surface area contributed by atoms with Crippen molar-refractivity contribution in [1.29, 1.82) is 0 Å². The highest BCUT2D eigenvalue weighted by Crippen LogP contribution is 2.22. The quantitative estimate of drug-likeness (QED) is 0.842. The van der Waals surface area contributed by atoms with Crippen molar-refractivity contribution in [2.75, 3.05) is 25.6 Å². The third kappa shape index (κ3) is 3.25. The first-order valence-electron chi connectivity index (χ1n) is 6.69. The second kappa shape index (κ2) is 6.35. The zero-order valence-corrected chi connectivity index (χ0v) is 12.1. The van der Waals surface area contributed by atoms with Crippen LogP contribution in [0.15, 0.2) is 55.4 Å². The Bertz CT molecular complexity index is 571. The molecule has 3 heteroatoms. The maximum absolute atomic E-state index is 8.90. The maximum atomic E-state index is 8.90. The van der Waals surface area contributed by atoms with Crippen LogP contribution in [0.2, 0.25) is 0 Å². The number of rotatable bonds is 5. The van der Waals surface area contributed by atoms with Crippen LogP contribution < -0.4 is 9.47 Å². The first kappa shape index (κ1) is 14.3. The molecule has 2 rings (SSSR count). The van der Waals surface area contributed by atoms with E-state index < -0.39 is 0 Å². The Balaban J connectivity index is 2.17. The van der Waals surface area contributed by atoms with E-state index in [1.54, 1.807) is 0 Å². The third-order valence-corrected chi connectivity index (χ3v) is 3.33. The van der Waals surface area contributed by atoms with E-state index >= 15 is 0 Å². The molecule has 0 aliphatic carbocycles. The predicted octanol–water partition coefficient (Wildman–Crippen LogP) is 2.09. The Morgan fingerprint density at radius 1 is 1.05 bits per heavy atom. The SMILES string of the molecule is C=C(c1ccc(N(C)C)cc1)c1cc[n+](CCO)cc1. The summed E-state index contributed by atoms with van der Waals surface area (Å²) >= 11 is 0. The molecule has 0 fully saturated rings. The Kier molecular flexibility index (Phi) is 4.53. The van der Waals surface area contributed by atoms with E-state index in [0.29, 0.717) is 6.54 Å². The molecule has 0 bridgehead atoms. The fraction of sp³-hybridized carbons (Fsp3) is 0.235. The highest BCUT2D eigenvalue weighted by molar-refractivity contribution is 5.78. The second-order valence-electron chi connectivity index (χ2n) is 4.97. The zero-order chi connectivity index (χ0) is 14.5. The summed E-state index contributed by atoms with van der Waals surface area (Å²) in [7, 11) is 4.06. The summed E-state index contributed by atoms with van der Waals surface area (Å²) in [5, 5.41) is 8.90. The normalized spacial score (nSPS) is 10.3. The van der Waals surface area contributed by atoms with Gasteiger partial charge in [-0.05, 0) is 28.8 Å². The molecule has 0 aliphatic heterocycles. The van der Waals surface area contributed by atoms with Gasteiger partial charge < -0.3 is 10.0 Å². The molecule has 104 valence electrons. The summed E-state index contributed by atoms with van der Waals surface area (Å²) < 4.78 is 1.95. The van der Waals surface area contributed by atoms with Gasteiger partial charge in [-0.1, -0.05) is 18.7 Å². The summed E-state index contributed by atoms with van der Waals surface area (Å²) in [6.45, 7) is 4.94. The van der Waals surface area contributed by atoms with E-state index in [1.165, 1.54) is 5.69 Å². The average Bonchev–Trinajstić information content (AvgIpc) is 2.48. The van der Waals surface area contributed by atoms with Crippen LogP contribution in [-0.2, 0) is 6.54 Å². The van der Waals surface area contributed by atoms with E-state index in [1.807, 2.05) is 43.2 Å². The number of pyridine rings is 1. The lowest BCUT2D eigenvalue weighted by atomic mass is 10.0. The van der Waals surface area contributed by atoms with Gasteiger partial charge in [0.25, 0.3) is 0 Å². The van der Waals surface area contributed by atoms with Crippen molar-refractivity contribution in [3.05, 3.63) is 66.5 Å². The molecule has 0 atom stereocenters. The molecule has 0 amide bonds. The van der Waals surface area contributed by atoms with Crippen molar-refractivity contribution < 1.29 is 9.67 Å². The summed E-state index contributed by atoms with van der Waals surface area (Å²) in [5.74, 6) is 0. The van der Waals surface area contributed by atoms with E-state index in [4.69, 9.17) is 5.11 Å². The highest BCUT2D eigenvalue weighted by Gasteiger charge is 2.06. The number of hydrogen-bond acceptors (Lipinski definition) is 2. The summed E-state index contributed by atoms with van der Waals surface area (Å²) in [6.07, 6.45) is 3.93. The van der Waals surface area contributed by atoms with Gasteiger partial charge in [0, 0.05) is 31.9 Å². The van der Waals surface area contributed by atoms with Crippen LogP contribution in [0, 0.1) is 0 Å². The maximum Gasteiger partial charge on any atom is 0.171 e. The monoisotopic (exact) mass is 269 g/mol. The zero-order valence-electron chi connectivity index (χ0n) is 12.1. The average molecular weight is 269 g/mol. The summed E-state index contributed by atoms with van der Waals surface area (Å²) in [4.78, 5) is 2.08. The largest absolute Gasteiger partial charge is 0.390 e. The third-order valence-electron chi connectivity index (χ3n) is 3.33. The molecule has 1 heterocycles. The summed E-state index contributed by atoms with van der Waals surface area (Å²) in [6, 6.07) is 12.4. The number of aromatic nitrogens is 1. The van der Waals surface area contributed by atoms with E-state index in [0.717, 1.165) is 16.7 Å². The Morgan fingerprint density at radius 3 is 2.10 bits per heavy atom. The van der Waals surface area contributed by atoms with Gasteiger partial charge in [-0.2, -0.15) is 0 Å². The second-order valence-corrected chi connectivity index (χ2v) is 4.97. The molecule has 1 N–H and O–H groups in total. The van der Waals surface area contributed by atoms with Gasteiger partial charge >= 0.3 is 0 Å². The van der Waals surface area contributed by atoms with Crippen LogP contribution in [0.3, 0.4) is 0 Å². The van der Waals surface area contributed by atoms with E-state index in [9.17, 15) is 0 Å². The smallest absolute Gasteiger partial charge is 0.171 e. The number of benzene rings is 1. The Labute approximate surface area is 120 Å². The Hall–Kier alpha value is -2.13. The number of aliphatic hydroxyl groups excluding tert-OH is 1. The molecule has 0 spiro atoms. The van der Waals surface area contributed by atoms with Gasteiger partial charge in [0.1, 0.15) is 6.61 Å². The molecule has 1 aromatic carbocycles. The van der Waals surface area contributed by atoms with Crippen molar-refractivity contribution in [2.24, 2.45) is 0 Å². The van der Waals surface area contributed by atoms with E-state index in [2.05, 4.69) is 35.7 Å². The standard InChI is InChI=1S/C17H21N2O/c1-14(15-4-6-17(7-5-15)18(2)3)16-8-10-19(11-9-16)12-13-20/h4-11,20H,1,12-13H2,2-3H3/q+1. The molecule has 0 saturated carbocycles. The lowest BCUT2D eigenvalue weighted by Gasteiger charge is -2.13. The van der Waals surface area contributed by atoms with E-state index in [-0.39, 0.29) is 6.61 Å². The first-order chi connectivity index (χ1) is 9.61. The number of nitrogens with zero attached hydrogens (tertiary/aromatic N) is 2. The van der Waals surface area contributed by atoms with Crippen LogP contribution in [0.4, 0.5) is 5.69 Å². The molecule has 20 heavy (non-hydrogen) atoms. The minimum atomic E-state index is 0.150. The molecule has 3 nitrogen and oxygen atoms in total. The van der Waals surface area contributed by atoms with Crippen LogP contribution in [-0.4, -0.2) is 25.8 Å². The van der Waals surface area contributed by atoms with Crippen molar-refractivity contribution in [3.63, 3.8) is 0 Å². The molecule has 2 aromatic rings.